The van der Waals surface area contributed by atoms with Crippen molar-refractivity contribution in [1.29, 1.82) is 0 Å². The Morgan fingerprint density at radius 3 is 2.32 bits per heavy atom. The molecule has 8 heteroatoms. The van der Waals surface area contributed by atoms with Gasteiger partial charge in [-0.1, -0.05) is 0 Å². The summed E-state index contributed by atoms with van der Waals surface area (Å²) in [6.07, 6.45) is 0.497. The maximum atomic E-state index is 13.5. The quantitative estimate of drug-likeness (QED) is 0.879. The molecule has 0 bridgehead atoms. The minimum absolute atomic E-state index is 0.340. The minimum Gasteiger partial charge on any atom is -0.315 e. The summed E-state index contributed by atoms with van der Waals surface area (Å²) >= 11 is 0. The molecule has 4 nitrogen and oxygen atoms in total. The van der Waals surface area contributed by atoms with Crippen LogP contribution in [0.2, 0.25) is 0 Å². The van der Waals surface area contributed by atoms with Crippen LogP contribution in [0, 0.1) is 17.5 Å². The largest absolute Gasteiger partial charge is 0.315 e. The first kappa shape index (κ1) is 14.3. The lowest BCUT2D eigenvalue weighted by atomic mass is 10.0. The molecule has 1 aliphatic rings. The number of halogens is 3. The number of sulfonamides is 1. The van der Waals surface area contributed by atoms with Crippen LogP contribution in [0.25, 0.3) is 0 Å². The number of nitrogens with one attached hydrogen (secondary N) is 2. The van der Waals surface area contributed by atoms with Crippen LogP contribution < -0.4 is 10.0 Å². The standard InChI is InChI=1S/C11H13F3N2O2S/c1-11(2-3-15-6-11)16-19(17,18)10-8(13)4-7(12)5-9(10)14/h4-5,15-16H,2-3,6H2,1H3. The highest BCUT2D eigenvalue weighted by molar-refractivity contribution is 7.89. The van der Waals surface area contributed by atoms with Gasteiger partial charge in [-0.25, -0.2) is 26.3 Å². The van der Waals surface area contributed by atoms with Gasteiger partial charge in [0.05, 0.1) is 0 Å². The van der Waals surface area contributed by atoms with Gasteiger partial charge in [0.2, 0.25) is 10.0 Å². The third-order valence-electron chi connectivity index (χ3n) is 2.98. The van der Waals surface area contributed by atoms with Crippen molar-refractivity contribution in [2.24, 2.45) is 0 Å². The van der Waals surface area contributed by atoms with Gasteiger partial charge in [0.25, 0.3) is 0 Å². The Kier molecular flexibility index (Phi) is 3.59. The molecule has 106 valence electrons. The second-order valence-electron chi connectivity index (χ2n) is 4.79. The van der Waals surface area contributed by atoms with Crippen LogP contribution in [0.1, 0.15) is 13.3 Å². The van der Waals surface area contributed by atoms with Crippen molar-refractivity contribution in [3.63, 3.8) is 0 Å². The van der Waals surface area contributed by atoms with Crippen molar-refractivity contribution in [2.45, 2.75) is 23.8 Å². The van der Waals surface area contributed by atoms with Gasteiger partial charge in [0.1, 0.15) is 17.5 Å². The zero-order valence-electron chi connectivity index (χ0n) is 10.1. The van der Waals surface area contributed by atoms with E-state index in [1.807, 2.05) is 0 Å². The summed E-state index contributed by atoms with van der Waals surface area (Å²) in [6, 6.07) is 0.680. The second-order valence-corrected chi connectivity index (χ2v) is 6.41. The molecular formula is C11H13F3N2O2S. The summed E-state index contributed by atoms with van der Waals surface area (Å²) in [5.41, 5.74) is -0.813. The molecule has 1 fully saturated rings. The topological polar surface area (TPSA) is 58.2 Å². The molecule has 1 atom stereocenters. The predicted octanol–water partition coefficient (Wildman–Crippen LogP) is 1.13. The van der Waals surface area contributed by atoms with Gasteiger partial charge in [-0.2, -0.15) is 0 Å². The van der Waals surface area contributed by atoms with Gasteiger partial charge in [-0.05, 0) is 19.9 Å². The van der Waals surface area contributed by atoms with Crippen molar-refractivity contribution in [1.82, 2.24) is 10.0 Å². The molecule has 1 unspecified atom stereocenters. The van der Waals surface area contributed by atoms with Gasteiger partial charge < -0.3 is 5.32 Å². The van der Waals surface area contributed by atoms with Crippen LogP contribution in [0.4, 0.5) is 13.2 Å². The highest BCUT2D eigenvalue weighted by Gasteiger charge is 2.36. The maximum absolute atomic E-state index is 13.5. The smallest absolute Gasteiger partial charge is 0.246 e. The lowest BCUT2D eigenvalue weighted by Gasteiger charge is -2.24. The highest BCUT2D eigenvalue weighted by atomic mass is 32.2. The van der Waals surface area contributed by atoms with E-state index in [1.165, 1.54) is 0 Å². The summed E-state index contributed by atoms with van der Waals surface area (Å²) in [4.78, 5) is -1.15. The molecule has 0 aliphatic carbocycles. The van der Waals surface area contributed by atoms with Crippen molar-refractivity contribution in [3.8, 4) is 0 Å². The van der Waals surface area contributed by atoms with Crippen LogP contribution in [0.15, 0.2) is 17.0 Å². The lowest BCUT2D eigenvalue weighted by molar-refractivity contribution is 0.442. The predicted molar refractivity (Wildman–Crippen MR) is 62.5 cm³/mol. The van der Waals surface area contributed by atoms with Crippen LogP contribution in [-0.4, -0.2) is 27.0 Å². The first-order valence-corrected chi connectivity index (χ1v) is 7.11. The fourth-order valence-corrected chi connectivity index (χ4v) is 3.62. The lowest BCUT2D eigenvalue weighted by Crippen LogP contribution is -2.47. The molecule has 0 saturated carbocycles. The Morgan fingerprint density at radius 1 is 1.26 bits per heavy atom. The average molecular weight is 294 g/mol. The highest BCUT2D eigenvalue weighted by Crippen LogP contribution is 2.23. The molecule has 1 aliphatic heterocycles. The first-order valence-electron chi connectivity index (χ1n) is 5.63. The summed E-state index contributed by atoms with van der Waals surface area (Å²) in [5, 5.41) is 2.95. The van der Waals surface area contributed by atoms with Crippen molar-refractivity contribution in [2.75, 3.05) is 13.1 Å². The number of rotatable bonds is 3. The Hall–Kier alpha value is -1.12. The summed E-state index contributed by atoms with van der Waals surface area (Å²) in [6.45, 7) is 2.59. The van der Waals surface area contributed by atoms with Gasteiger partial charge in [-0.3, -0.25) is 0 Å². The average Bonchev–Trinajstić information content (AvgIpc) is 2.60. The summed E-state index contributed by atoms with van der Waals surface area (Å²) < 4.78 is 66.0. The minimum atomic E-state index is -4.39. The van der Waals surface area contributed by atoms with Crippen LogP contribution >= 0.6 is 0 Å². The van der Waals surface area contributed by atoms with E-state index >= 15 is 0 Å². The number of hydrogen-bond acceptors (Lipinski definition) is 3. The Balaban J connectivity index is 2.40. The Morgan fingerprint density at radius 2 is 1.84 bits per heavy atom. The van der Waals surface area contributed by atoms with Gasteiger partial charge in [0, 0.05) is 24.2 Å². The number of benzene rings is 1. The molecule has 0 amide bonds. The van der Waals surface area contributed by atoms with Crippen molar-refractivity contribution in [3.05, 3.63) is 29.6 Å². The Bertz CT molecular complexity index is 575. The third-order valence-corrected chi connectivity index (χ3v) is 4.67. The van der Waals surface area contributed by atoms with E-state index in [4.69, 9.17) is 0 Å². The molecule has 0 aromatic heterocycles. The van der Waals surface area contributed by atoms with E-state index in [9.17, 15) is 21.6 Å². The van der Waals surface area contributed by atoms with Gasteiger partial charge >= 0.3 is 0 Å². The van der Waals surface area contributed by atoms with Crippen LogP contribution in [0.3, 0.4) is 0 Å². The van der Waals surface area contributed by atoms with E-state index in [1.54, 1.807) is 6.92 Å². The summed E-state index contributed by atoms with van der Waals surface area (Å²) in [7, 11) is -4.39. The molecule has 1 heterocycles. The normalized spacial score (nSPS) is 23.8. The molecular weight excluding hydrogens is 281 g/mol. The van der Waals surface area contributed by atoms with Crippen LogP contribution in [-0.2, 0) is 10.0 Å². The van der Waals surface area contributed by atoms with E-state index < -0.39 is 37.9 Å². The fraction of sp³-hybridized carbons (Fsp3) is 0.455. The zero-order valence-corrected chi connectivity index (χ0v) is 11.0. The Labute approximate surface area is 109 Å². The summed E-state index contributed by atoms with van der Waals surface area (Å²) in [5.74, 6) is -4.05. The van der Waals surface area contributed by atoms with Gasteiger partial charge in [-0.15, -0.1) is 0 Å². The monoisotopic (exact) mass is 294 g/mol. The van der Waals surface area contributed by atoms with E-state index in [0.717, 1.165) is 0 Å². The molecule has 1 saturated heterocycles. The molecule has 2 N–H and O–H groups in total. The van der Waals surface area contributed by atoms with Gasteiger partial charge in [0.15, 0.2) is 4.90 Å². The zero-order chi connectivity index (χ0) is 14.3. The molecule has 1 aromatic rings. The number of hydrogen-bond donors (Lipinski definition) is 2. The van der Waals surface area contributed by atoms with Crippen molar-refractivity contribution >= 4 is 10.0 Å². The van der Waals surface area contributed by atoms with E-state index in [-0.39, 0.29) is 0 Å². The van der Waals surface area contributed by atoms with E-state index in [0.29, 0.717) is 31.6 Å². The second kappa shape index (κ2) is 4.77. The molecule has 0 radical (unpaired) electrons. The molecule has 1 aromatic carbocycles. The third kappa shape index (κ3) is 2.90. The molecule has 2 rings (SSSR count). The SMILES string of the molecule is CC1(NS(=O)(=O)c2c(F)cc(F)cc2F)CCNC1. The molecule has 19 heavy (non-hydrogen) atoms. The first-order chi connectivity index (χ1) is 8.73. The maximum Gasteiger partial charge on any atom is 0.246 e. The van der Waals surface area contributed by atoms with Crippen LogP contribution in [0.5, 0.6) is 0 Å². The molecule has 0 spiro atoms. The van der Waals surface area contributed by atoms with E-state index in [2.05, 4.69) is 10.0 Å². The van der Waals surface area contributed by atoms with Crippen molar-refractivity contribution < 1.29 is 21.6 Å². The fourth-order valence-electron chi connectivity index (χ4n) is 2.07.